The fourth-order valence-corrected chi connectivity index (χ4v) is 1.47. The number of hydrogen-bond donors (Lipinski definition) is 1. The van der Waals surface area contributed by atoms with Gasteiger partial charge in [-0.3, -0.25) is 4.98 Å². The number of pyridine rings is 1. The van der Waals surface area contributed by atoms with Crippen LogP contribution in [0.1, 0.15) is 17.0 Å². The average Bonchev–Trinajstić information content (AvgIpc) is 2.27. The maximum absolute atomic E-state index is 9.30. The molecule has 0 bridgehead atoms. The van der Waals surface area contributed by atoms with E-state index in [1.165, 1.54) is 0 Å². The van der Waals surface area contributed by atoms with Gasteiger partial charge in [-0.15, -0.1) is 0 Å². The Labute approximate surface area is 94.9 Å². The van der Waals surface area contributed by atoms with Crippen LogP contribution in [0.25, 0.3) is 12.2 Å². The molecule has 0 aliphatic heterocycles. The summed E-state index contributed by atoms with van der Waals surface area (Å²) in [6.45, 7) is 1.96. The summed E-state index contributed by atoms with van der Waals surface area (Å²) >= 11 is 0. The molecule has 1 N–H and O–H groups in total. The zero-order valence-electron chi connectivity index (χ0n) is 9.09. The maximum atomic E-state index is 9.30. The highest BCUT2D eigenvalue weighted by molar-refractivity contribution is 5.68. The Morgan fingerprint density at radius 3 is 2.62 bits per heavy atom. The van der Waals surface area contributed by atoms with Gasteiger partial charge in [-0.05, 0) is 42.8 Å². The van der Waals surface area contributed by atoms with Crippen LogP contribution >= 0.6 is 0 Å². The fraction of sp³-hybridized carbons (Fsp3) is 0.0714. The lowest BCUT2D eigenvalue weighted by Crippen LogP contribution is -1.83. The van der Waals surface area contributed by atoms with Crippen molar-refractivity contribution in [1.82, 2.24) is 4.98 Å². The molecule has 80 valence electrons. The minimum Gasteiger partial charge on any atom is -0.508 e. The van der Waals surface area contributed by atoms with Crippen molar-refractivity contribution in [2.45, 2.75) is 6.92 Å². The third-order valence-electron chi connectivity index (χ3n) is 2.23. The zero-order valence-corrected chi connectivity index (χ0v) is 9.09. The van der Waals surface area contributed by atoms with E-state index in [0.29, 0.717) is 0 Å². The van der Waals surface area contributed by atoms with Crippen molar-refractivity contribution >= 4 is 12.2 Å². The van der Waals surface area contributed by atoms with E-state index in [1.807, 2.05) is 49.4 Å². The molecule has 0 saturated heterocycles. The quantitative estimate of drug-likeness (QED) is 0.827. The van der Waals surface area contributed by atoms with Crippen molar-refractivity contribution in [1.29, 1.82) is 0 Å². The van der Waals surface area contributed by atoms with Gasteiger partial charge >= 0.3 is 0 Å². The van der Waals surface area contributed by atoms with Crippen molar-refractivity contribution in [2.75, 3.05) is 0 Å². The van der Waals surface area contributed by atoms with Crippen molar-refractivity contribution in [2.24, 2.45) is 0 Å². The monoisotopic (exact) mass is 211 g/mol. The lowest BCUT2D eigenvalue weighted by molar-refractivity contribution is 0.475. The summed E-state index contributed by atoms with van der Waals surface area (Å²) < 4.78 is 0. The molecule has 1 heterocycles. The molecule has 0 fully saturated rings. The molecular weight excluding hydrogens is 198 g/mol. The van der Waals surface area contributed by atoms with Crippen molar-refractivity contribution in [3.05, 3.63) is 59.4 Å². The third-order valence-corrected chi connectivity index (χ3v) is 2.23. The summed E-state index contributed by atoms with van der Waals surface area (Å²) in [5, 5.41) is 9.30. The Morgan fingerprint density at radius 1 is 1.06 bits per heavy atom. The number of aromatic hydroxyl groups is 1. The van der Waals surface area contributed by atoms with Gasteiger partial charge in [0.2, 0.25) is 0 Å². The highest BCUT2D eigenvalue weighted by atomic mass is 16.3. The highest BCUT2D eigenvalue weighted by Gasteiger charge is 1.91. The first-order chi connectivity index (χ1) is 7.74. The smallest absolute Gasteiger partial charge is 0.116 e. The summed E-state index contributed by atoms with van der Waals surface area (Å²) in [4.78, 5) is 4.36. The lowest BCUT2D eigenvalue weighted by Gasteiger charge is -1.96. The molecule has 2 aromatic rings. The molecule has 0 aliphatic carbocycles. The first-order valence-corrected chi connectivity index (χ1v) is 5.15. The SMILES string of the molecule is Cc1cccc(C=Cc2cccc(O)c2)n1. The van der Waals surface area contributed by atoms with E-state index < -0.39 is 0 Å². The molecular formula is C14H13NO. The van der Waals surface area contributed by atoms with Gasteiger partial charge in [-0.25, -0.2) is 0 Å². The number of benzene rings is 1. The average molecular weight is 211 g/mol. The van der Waals surface area contributed by atoms with Crippen molar-refractivity contribution < 1.29 is 5.11 Å². The lowest BCUT2D eigenvalue weighted by atomic mass is 10.2. The minimum absolute atomic E-state index is 0.277. The van der Waals surface area contributed by atoms with E-state index >= 15 is 0 Å². The van der Waals surface area contributed by atoms with Gasteiger partial charge in [0.1, 0.15) is 5.75 Å². The fourth-order valence-electron chi connectivity index (χ4n) is 1.47. The largest absolute Gasteiger partial charge is 0.508 e. The van der Waals surface area contributed by atoms with Crippen LogP contribution in [0.4, 0.5) is 0 Å². The van der Waals surface area contributed by atoms with E-state index in [1.54, 1.807) is 12.1 Å². The molecule has 2 rings (SSSR count). The Hall–Kier alpha value is -2.09. The topological polar surface area (TPSA) is 33.1 Å². The number of phenolic OH excluding ortho intramolecular Hbond substituents is 1. The van der Waals surface area contributed by atoms with Gasteiger partial charge in [0.25, 0.3) is 0 Å². The molecule has 0 unspecified atom stereocenters. The number of rotatable bonds is 2. The Kier molecular flexibility index (Phi) is 3.01. The number of aromatic nitrogens is 1. The summed E-state index contributed by atoms with van der Waals surface area (Å²) in [6.07, 6.45) is 3.86. The number of aryl methyl sites for hydroxylation is 1. The van der Waals surface area contributed by atoms with Crippen LogP contribution in [0.2, 0.25) is 0 Å². The molecule has 1 aromatic carbocycles. The highest BCUT2D eigenvalue weighted by Crippen LogP contribution is 2.13. The summed E-state index contributed by atoms with van der Waals surface area (Å²) in [6, 6.07) is 13.0. The van der Waals surface area contributed by atoms with Crippen LogP contribution in [-0.4, -0.2) is 10.1 Å². The van der Waals surface area contributed by atoms with Gasteiger partial charge in [0.15, 0.2) is 0 Å². The van der Waals surface area contributed by atoms with Crippen LogP contribution in [-0.2, 0) is 0 Å². The van der Waals surface area contributed by atoms with Gasteiger partial charge in [0, 0.05) is 5.69 Å². The molecule has 0 aliphatic rings. The Balaban J connectivity index is 2.21. The molecule has 0 radical (unpaired) electrons. The molecule has 0 amide bonds. The molecule has 2 nitrogen and oxygen atoms in total. The second-order valence-corrected chi connectivity index (χ2v) is 3.63. The second kappa shape index (κ2) is 4.62. The van der Waals surface area contributed by atoms with Crippen molar-refractivity contribution in [3.8, 4) is 5.75 Å². The van der Waals surface area contributed by atoms with E-state index in [9.17, 15) is 5.11 Å². The third kappa shape index (κ3) is 2.70. The van der Waals surface area contributed by atoms with Crippen LogP contribution < -0.4 is 0 Å². The van der Waals surface area contributed by atoms with Crippen molar-refractivity contribution in [3.63, 3.8) is 0 Å². The molecule has 1 aromatic heterocycles. The van der Waals surface area contributed by atoms with Crippen LogP contribution in [0.3, 0.4) is 0 Å². The normalized spacial score (nSPS) is 10.8. The van der Waals surface area contributed by atoms with Crippen LogP contribution in [0.15, 0.2) is 42.5 Å². The van der Waals surface area contributed by atoms with Gasteiger partial charge in [0.05, 0.1) is 5.69 Å². The number of nitrogens with zero attached hydrogens (tertiary/aromatic N) is 1. The van der Waals surface area contributed by atoms with Gasteiger partial charge in [-0.2, -0.15) is 0 Å². The van der Waals surface area contributed by atoms with E-state index in [4.69, 9.17) is 0 Å². The molecule has 0 atom stereocenters. The predicted octanol–water partition coefficient (Wildman–Crippen LogP) is 3.27. The van der Waals surface area contributed by atoms with Gasteiger partial charge < -0.3 is 5.11 Å². The second-order valence-electron chi connectivity index (χ2n) is 3.63. The van der Waals surface area contributed by atoms with E-state index in [-0.39, 0.29) is 5.75 Å². The first-order valence-electron chi connectivity index (χ1n) is 5.15. The predicted molar refractivity (Wildman–Crippen MR) is 66.0 cm³/mol. The minimum atomic E-state index is 0.277. The van der Waals surface area contributed by atoms with Crippen LogP contribution in [0.5, 0.6) is 5.75 Å². The summed E-state index contributed by atoms with van der Waals surface area (Å²) in [7, 11) is 0. The Bertz CT molecular complexity index is 470. The number of phenols is 1. The Morgan fingerprint density at radius 2 is 1.88 bits per heavy atom. The van der Waals surface area contributed by atoms with Gasteiger partial charge in [-0.1, -0.05) is 24.3 Å². The maximum Gasteiger partial charge on any atom is 0.116 e. The first kappa shape index (κ1) is 10.4. The summed E-state index contributed by atoms with van der Waals surface area (Å²) in [5.74, 6) is 0.277. The molecule has 0 spiro atoms. The summed E-state index contributed by atoms with van der Waals surface area (Å²) in [5.41, 5.74) is 2.88. The van der Waals surface area contributed by atoms with E-state index in [2.05, 4.69) is 4.98 Å². The van der Waals surface area contributed by atoms with E-state index in [0.717, 1.165) is 17.0 Å². The molecule has 2 heteroatoms. The standard InChI is InChI=1S/C14H13NO/c1-11-4-2-6-13(15-11)9-8-12-5-3-7-14(16)10-12/h2-10,16H,1H3. The zero-order chi connectivity index (χ0) is 11.4. The van der Waals surface area contributed by atoms with Crippen LogP contribution in [0, 0.1) is 6.92 Å². The molecule has 16 heavy (non-hydrogen) atoms. The molecule has 0 saturated carbocycles. The number of hydrogen-bond acceptors (Lipinski definition) is 2.